The van der Waals surface area contributed by atoms with Gasteiger partial charge in [-0.05, 0) is 24.1 Å². The fourth-order valence-electron chi connectivity index (χ4n) is 2.02. The molecule has 1 heterocycles. The molecule has 0 aliphatic carbocycles. The van der Waals surface area contributed by atoms with Crippen LogP contribution < -0.4 is 11.1 Å². The Morgan fingerprint density at radius 3 is 2.67 bits per heavy atom. The lowest BCUT2D eigenvalue weighted by Gasteiger charge is -2.12. The lowest BCUT2D eigenvalue weighted by Crippen LogP contribution is -2.41. The Morgan fingerprint density at radius 2 is 2.11 bits per heavy atom. The summed E-state index contributed by atoms with van der Waals surface area (Å²) in [4.78, 5) is 25.1. The third-order valence-electron chi connectivity index (χ3n) is 3.11. The van der Waals surface area contributed by atoms with Gasteiger partial charge >= 0.3 is 0 Å². The summed E-state index contributed by atoms with van der Waals surface area (Å²) < 4.78 is 0. The zero-order chi connectivity index (χ0) is 13.1. The van der Waals surface area contributed by atoms with E-state index >= 15 is 0 Å². The molecule has 0 radical (unpaired) electrons. The van der Waals surface area contributed by atoms with Crippen molar-refractivity contribution < 1.29 is 9.59 Å². The fraction of sp³-hybridized carbons (Fsp3) is 0.385. The van der Waals surface area contributed by atoms with Gasteiger partial charge in [0, 0.05) is 19.3 Å². The van der Waals surface area contributed by atoms with Gasteiger partial charge < -0.3 is 16.0 Å². The predicted molar refractivity (Wildman–Crippen MR) is 68.7 cm³/mol. The average Bonchev–Trinajstić information content (AvgIpc) is 2.64. The van der Waals surface area contributed by atoms with E-state index < -0.39 is 0 Å². The smallest absolute Gasteiger partial charge is 0.244 e. The minimum atomic E-state index is -0.365. The first kappa shape index (κ1) is 12.4. The molecule has 1 unspecified atom stereocenters. The van der Waals surface area contributed by atoms with Crippen molar-refractivity contribution in [3.8, 4) is 0 Å². The number of hydrogen-bond acceptors (Lipinski definition) is 3. The number of carbonyl (C=O) groups is 2. The number of likely N-dealkylation sites (N-methyl/N-ethyl adjacent to an activating group) is 1. The normalized spacial score (nSPS) is 19.1. The Balaban J connectivity index is 1.89. The summed E-state index contributed by atoms with van der Waals surface area (Å²) in [6.07, 6.45) is 0.955. The zero-order valence-corrected chi connectivity index (χ0v) is 10.3. The van der Waals surface area contributed by atoms with Crippen LogP contribution in [0.2, 0.25) is 0 Å². The van der Waals surface area contributed by atoms with Crippen molar-refractivity contribution >= 4 is 17.5 Å². The van der Waals surface area contributed by atoms with Gasteiger partial charge in [-0.1, -0.05) is 12.1 Å². The van der Waals surface area contributed by atoms with E-state index in [1.807, 2.05) is 12.1 Å². The first-order valence-electron chi connectivity index (χ1n) is 5.95. The number of nitrogens with one attached hydrogen (secondary N) is 1. The summed E-state index contributed by atoms with van der Waals surface area (Å²) in [7, 11) is 1.74. The number of benzene rings is 1. The monoisotopic (exact) mass is 247 g/mol. The van der Waals surface area contributed by atoms with Crippen LogP contribution in [-0.4, -0.2) is 36.3 Å². The second-order valence-electron chi connectivity index (χ2n) is 4.59. The number of hydrogen-bond donors (Lipinski definition) is 2. The van der Waals surface area contributed by atoms with Crippen LogP contribution in [-0.2, 0) is 16.0 Å². The van der Waals surface area contributed by atoms with Crippen LogP contribution >= 0.6 is 0 Å². The van der Waals surface area contributed by atoms with E-state index in [2.05, 4.69) is 5.32 Å². The first-order chi connectivity index (χ1) is 8.56. The van der Waals surface area contributed by atoms with E-state index in [1.54, 1.807) is 24.1 Å². The number of nitrogens with two attached hydrogens (primary N) is 1. The van der Waals surface area contributed by atoms with Crippen LogP contribution in [0, 0.1) is 0 Å². The Hall–Kier alpha value is -2.04. The molecule has 1 aromatic carbocycles. The van der Waals surface area contributed by atoms with Gasteiger partial charge in [-0.2, -0.15) is 0 Å². The minimum absolute atomic E-state index is 0.0133. The molecular formula is C13H17N3O2. The van der Waals surface area contributed by atoms with Crippen molar-refractivity contribution in [1.29, 1.82) is 0 Å². The van der Waals surface area contributed by atoms with Gasteiger partial charge in [0.15, 0.2) is 0 Å². The third-order valence-corrected chi connectivity index (χ3v) is 3.11. The van der Waals surface area contributed by atoms with Crippen LogP contribution in [0.3, 0.4) is 0 Å². The van der Waals surface area contributed by atoms with E-state index in [0.717, 1.165) is 5.56 Å². The standard InChI is InChI=1S/C13H17N3O2/c1-16-7-6-11(13(16)18)15-12(17)8-9-2-4-10(14)5-3-9/h2-5,11H,6-8,14H2,1H3,(H,15,17). The molecule has 3 N–H and O–H groups in total. The molecule has 1 aromatic rings. The highest BCUT2D eigenvalue weighted by Gasteiger charge is 2.29. The second-order valence-corrected chi connectivity index (χ2v) is 4.59. The molecule has 18 heavy (non-hydrogen) atoms. The van der Waals surface area contributed by atoms with Crippen molar-refractivity contribution in [3.05, 3.63) is 29.8 Å². The molecule has 5 heteroatoms. The SMILES string of the molecule is CN1CCC(NC(=O)Cc2ccc(N)cc2)C1=O. The van der Waals surface area contributed by atoms with Gasteiger partial charge in [-0.25, -0.2) is 0 Å². The van der Waals surface area contributed by atoms with E-state index in [4.69, 9.17) is 5.73 Å². The summed E-state index contributed by atoms with van der Waals surface area (Å²) in [5.41, 5.74) is 7.13. The summed E-state index contributed by atoms with van der Waals surface area (Å²) in [6.45, 7) is 0.700. The lowest BCUT2D eigenvalue weighted by atomic mass is 10.1. The number of nitrogen functional groups attached to an aromatic ring is 1. The summed E-state index contributed by atoms with van der Waals surface area (Å²) in [6, 6.07) is 6.79. The molecule has 5 nitrogen and oxygen atoms in total. The van der Waals surface area contributed by atoms with Crippen molar-refractivity contribution in [2.45, 2.75) is 18.9 Å². The topological polar surface area (TPSA) is 75.4 Å². The third kappa shape index (κ3) is 2.80. The summed E-state index contributed by atoms with van der Waals surface area (Å²) in [5, 5.41) is 2.76. The highest BCUT2D eigenvalue weighted by atomic mass is 16.2. The Kier molecular flexibility index (Phi) is 3.50. The van der Waals surface area contributed by atoms with Crippen LogP contribution in [0.15, 0.2) is 24.3 Å². The van der Waals surface area contributed by atoms with E-state index in [0.29, 0.717) is 18.7 Å². The maximum absolute atomic E-state index is 11.8. The number of amides is 2. The van der Waals surface area contributed by atoms with Crippen LogP contribution in [0.5, 0.6) is 0 Å². The molecule has 1 aliphatic heterocycles. The molecular weight excluding hydrogens is 230 g/mol. The van der Waals surface area contributed by atoms with Gasteiger partial charge in [-0.15, -0.1) is 0 Å². The summed E-state index contributed by atoms with van der Waals surface area (Å²) in [5.74, 6) is -0.144. The Labute approximate surface area is 106 Å². The molecule has 0 aromatic heterocycles. The molecule has 1 aliphatic rings. The number of anilines is 1. The predicted octanol–water partition coefficient (Wildman–Crippen LogP) is 0.158. The second kappa shape index (κ2) is 5.08. The van der Waals surface area contributed by atoms with Crippen LogP contribution in [0.4, 0.5) is 5.69 Å². The maximum Gasteiger partial charge on any atom is 0.244 e. The van der Waals surface area contributed by atoms with Crippen LogP contribution in [0.1, 0.15) is 12.0 Å². The molecule has 1 saturated heterocycles. The number of carbonyl (C=O) groups excluding carboxylic acids is 2. The lowest BCUT2D eigenvalue weighted by molar-refractivity contribution is -0.131. The number of likely N-dealkylation sites (tertiary alicyclic amines) is 1. The van der Waals surface area contributed by atoms with Crippen molar-refractivity contribution in [3.63, 3.8) is 0 Å². The van der Waals surface area contributed by atoms with E-state index in [1.165, 1.54) is 0 Å². The van der Waals surface area contributed by atoms with Gasteiger partial charge in [-0.3, -0.25) is 9.59 Å². The van der Waals surface area contributed by atoms with Gasteiger partial charge in [0.05, 0.1) is 6.42 Å². The maximum atomic E-state index is 11.8. The number of rotatable bonds is 3. The van der Waals surface area contributed by atoms with Crippen LogP contribution in [0.25, 0.3) is 0 Å². The quantitative estimate of drug-likeness (QED) is 0.747. The fourth-order valence-corrected chi connectivity index (χ4v) is 2.02. The summed E-state index contributed by atoms with van der Waals surface area (Å²) >= 11 is 0. The Bertz CT molecular complexity index is 456. The molecule has 0 bridgehead atoms. The molecule has 0 saturated carbocycles. The van der Waals surface area contributed by atoms with Gasteiger partial charge in [0.1, 0.15) is 6.04 Å². The highest BCUT2D eigenvalue weighted by molar-refractivity contribution is 5.89. The van der Waals surface area contributed by atoms with Crippen molar-refractivity contribution in [1.82, 2.24) is 10.2 Å². The first-order valence-corrected chi connectivity index (χ1v) is 5.95. The van der Waals surface area contributed by atoms with E-state index in [9.17, 15) is 9.59 Å². The largest absolute Gasteiger partial charge is 0.399 e. The van der Waals surface area contributed by atoms with Crippen molar-refractivity contribution in [2.75, 3.05) is 19.3 Å². The van der Waals surface area contributed by atoms with Gasteiger partial charge in [0.2, 0.25) is 11.8 Å². The van der Waals surface area contributed by atoms with E-state index in [-0.39, 0.29) is 24.3 Å². The minimum Gasteiger partial charge on any atom is -0.399 e. The highest BCUT2D eigenvalue weighted by Crippen LogP contribution is 2.10. The molecule has 1 atom stereocenters. The molecule has 1 fully saturated rings. The van der Waals surface area contributed by atoms with Crippen molar-refractivity contribution in [2.24, 2.45) is 0 Å². The number of nitrogens with zero attached hydrogens (tertiary/aromatic N) is 1. The zero-order valence-electron chi connectivity index (χ0n) is 10.3. The molecule has 0 spiro atoms. The molecule has 2 rings (SSSR count). The average molecular weight is 247 g/mol. The Morgan fingerprint density at radius 1 is 1.44 bits per heavy atom. The molecule has 96 valence electrons. The van der Waals surface area contributed by atoms with Gasteiger partial charge in [0.25, 0.3) is 0 Å². The molecule has 2 amide bonds.